The maximum Gasteiger partial charge on any atom is 0.224 e. The molecule has 1 rings (SSSR count). The third-order valence-corrected chi connectivity index (χ3v) is 3.22. The highest BCUT2D eigenvalue weighted by Gasteiger charge is 2.25. The van der Waals surface area contributed by atoms with Crippen LogP contribution in [-0.2, 0) is 4.79 Å². The first kappa shape index (κ1) is 16.7. The number of benzene rings is 1. The number of carbonyl (C=O) groups is 1. The number of nitrogens with two attached hydrogens (primary N) is 1. The van der Waals surface area contributed by atoms with Crippen LogP contribution in [0.25, 0.3) is 0 Å². The van der Waals surface area contributed by atoms with Gasteiger partial charge in [-0.05, 0) is 17.4 Å². The van der Waals surface area contributed by atoms with Gasteiger partial charge in [0, 0.05) is 6.54 Å². The Balaban J connectivity index is 2.71. The molecular weight excluding hydrogens is 252 g/mol. The van der Waals surface area contributed by atoms with Crippen LogP contribution in [0.5, 0.6) is 0 Å². The predicted octanol–water partition coefficient (Wildman–Crippen LogP) is 1.85. The summed E-state index contributed by atoms with van der Waals surface area (Å²) in [6.07, 6.45) is 0.724. The van der Waals surface area contributed by atoms with E-state index in [1.54, 1.807) is 0 Å². The topological polar surface area (TPSA) is 75.4 Å². The summed E-state index contributed by atoms with van der Waals surface area (Å²) in [6.45, 7) is 6.45. The molecule has 20 heavy (non-hydrogen) atoms. The lowest BCUT2D eigenvalue weighted by molar-refractivity contribution is -0.126. The van der Waals surface area contributed by atoms with Gasteiger partial charge in [0.1, 0.15) is 0 Å². The van der Waals surface area contributed by atoms with Crippen molar-refractivity contribution in [2.24, 2.45) is 17.1 Å². The van der Waals surface area contributed by atoms with Crippen molar-refractivity contribution in [3.63, 3.8) is 0 Å². The van der Waals surface area contributed by atoms with E-state index >= 15 is 0 Å². The standard InChI is InChI=1S/C16H26N2O2/c1-16(2,3)9-13(10-17)15(20)18-14(11-19)12-7-5-4-6-8-12/h4-8,13-14,19H,9-11,17H2,1-3H3,(H,18,20). The van der Waals surface area contributed by atoms with E-state index in [0.29, 0.717) is 6.54 Å². The molecule has 1 aromatic carbocycles. The number of aliphatic hydroxyl groups excluding tert-OH is 1. The van der Waals surface area contributed by atoms with Crippen LogP contribution in [0.4, 0.5) is 0 Å². The van der Waals surface area contributed by atoms with Gasteiger partial charge >= 0.3 is 0 Å². The lowest BCUT2D eigenvalue weighted by atomic mass is 9.84. The zero-order valence-corrected chi connectivity index (χ0v) is 12.6. The molecule has 0 spiro atoms. The molecule has 0 saturated carbocycles. The van der Waals surface area contributed by atoms with E-state index in [1.165, 1.54) is 0 Å². The first-order valence-electron chi connectivity index (χ1n) is 7.03. The number of nitrogens with one attached hydrogen (secondary N) is 1. The van der Waals surface area contributed by atoms with Crippen LogP contribution in [0.3, 0.4) is 0 Å². The van der Waals surface area contributed by atoms with Crippen LogP contribution < -0.4 is 11.1 Å². The van der Waals surface area contributed by atoms with Crippen LogP contribution in [0, 0.1) is 11.3 Å². The second-order valence-electron chi connectivity index (χ2n) is 6.35. The van der Waals surface area contributed by atoms with E-state index in [-0.39, 0.29) is 29.9 Å². The normalized spacial score (nSPS) is 14.7. The van der Waals surface area contributed by atoms with Gasteiger partial charge < -0.3 is 16.2 Å². The number of hydrogen-bond acceptors (Lipinski definition) is 3. The Kier molecular flexibility index (Phi) is 6.17. The van der Waals surface area contributed by atoms with Crippen molar-refractivity contribution < 1.29 is 9.90 Å². The molecule has 0 aliphatic rings. The fraction of sp³-hybridized carbons (Fsp3) is 0.562. The molecule has 0 aliphatic carbocycles. The molecular formula is C16H26N2O2. The Morgan fingerprint density at radius 2 is 1.90 bits per heavy atom. The summed E-state index contributed by atoms with van der Waals surface area (Å²) in [4.78, 5) is 12.3. The third-order valence-electron chi connectivity index (χ3n) is 3.22. The van der Waals surface area contributed by atoms with Crippen LogP contribution in [0.15, 0.2) is 30.3 Å². The van der Waals surface area contributed by atoms with Gasteiger partial charge in [0.15, 0.2) is 0 Å². The highest BCUT2D eigenvalue weighted by Crippen LogP contribution is 2.24. The number of carbonyl (C=O) groups excluding carboxylic acids is 1. The minimum Gasteiger partial charge on any atom is -0.394 e. The van der Waals surface area contributed by atoms with E-state index < -0.39 is 0 Å². The highest BCUT2D eigenvalue weighted by molar-refractivity contribution is 5.79. The first-order chi connectivity index (χ1) is 9.37. The Morgan fingerprint density at radius 3 is 2.35 bits per heavy atom. The number of rotatable bonds is 6. The van der Waals surface area contributed by atoms with Gasteiger partial charge in [0.2, 0.25) is 5.91 Å². The summed E-state index contributed by atoms with van der Waals surface area (Å²) in [5.74, 6) is -0.321. The molecule has 0 fully saturated rings. The molecule has 0 aliphatic heterocycles. The van der Waals surface area contributed by atoms with Gasteiger partial charge in [-0.3, -0.25) is 4.79 Å². The quantitative estimate of drug-likeness (QED) is 0.743. The Hall–Kier alpha value is -1.39. The molecule has 1 amide bonds. The average Bonchev–Trinajstić information content (AvgIpc) is 2.41. The third kappa shape index (κ3) is 5.31. The summed E-state index contributed by atoms with van der Waals surface area (Å²) >= 11 is 0. The van der Waals surface area contributed by atoms with Crippen molar-refractivity contribution in [3.8, 4) is 0 Å². The molecule has 4 nitrogen and oxygen atoms in total. The molecule has 4 heteroatoms. The van der Waals surface area contributed by atoms with Crippen molar-refractivity contribution in [3.05, 3.63) is 35.9 Å². The molecule has 0 radical (unpaired) electrons. The summed E-state index contributed by atoms with van der Waals surface area (Å²) < 4.78 is 0. The van der Waals surface area contributed by atoms with E-state index in [9.17, 15) is 9.90 Å². The minimum absolute atomic E-state index is 0.0445. The number of amides is 1. The molecule has 0 heterocycles. The van der Waals surface area contributed by atoms with Gasteiger partial charge in [0.25, 0.3) is 0 Å². The second kappa shape index (κ2) is 7.41. The highest BCUT2D eigenvalue weighted by atomic mass is 16.3. The van der Waals surface area contributed by atoms with Crippen molar-refractivity contribution in [2.75, 3.05) is 13.2 Å². The molecule has 1 aromatic rings. The van der Waals surface area contributed by atoms with Crippen molar-refractivity contribution >= 4 is 5.91 Å². The predicted molar refractivity (Wildman–Crippen MR) is 81.0 cm³/mol. The van der Waals surface area contributed by atoms with E-state index in [2.05, 4.69) is 26.1 Å². The van der Waals surface area contributed by atoms with Crippen LogP contribution >= 0.6 is 0 Å². The minimum atomic E-state index is -0.377. The average molecular weight is 278 g/mol. The molecule has 112 valence electrons. The summed E-state index contributed by atoms with van der Waals surface area (Å²) in [5, 5.41) is 12.4. The Bertz CT molecular complexity index is 412. The summed E-state index contributed by atoms with van der Waals surface area (Å²) in [6, 6.07) is 9.09. The van der Waals surface area contributed by atoms with Gasteiger partial charge in [0.05, 0.1) is 18.6 Å². The maximum atomic E-state index is 12.3. The molecule has 2 unspecified atom stereocenters. The van der Waals surface area contributed by atoms with Gasteiger partial charge in [-0.25, -0.2) is 0 Å². The lowest BCUT2D eigenvalue weighted by Gasteiger charge is -2.26. The van der Waals surface area contributed by atoms with Crippen LogP contribution in [0.1, 0.15) is 38.8 Å². The van der Waals surface area contributed by atoms with Gasteiger partial charge in [-0.15, -0.1) is 0 Å². The molecule has 0 aromatic heterocycles. The lowest BCUT2D eigenvalue weighted by Crippen LogP contribution is -2.40. The fourth-order valence-electron chi connectivity index (χ4n) is 2.23. The zero-order chi connectivity index (χ0) is 15.2. The monoisotopic (exact) mass is 278 g/mol. The van der Waals surface area contributed by atoms with Crippen molar-refractivity contribution in [2.45, 2.75) is 33.2 Å². The van der Waals surface area contributed by atoms with E-state index in [0.717, 1.165) is 12.0 Å². The molecule has 2 atom stereocenters. The molecule has 4 N–H and O–H groups in total. The fourth-order valence-corrected chi connectivity index (χ4v) is 2.23. The smallest absolute Gasteiger partial charge is 0.224 e. The van der Waals surface area contributed by atoms with Crippen molar-refractivity contribution in [1.82, 2.24) is 5.32 Å². The van der Waals surface area contributed by atoms with E-state index in [1.807, 2.05) is 30.3 Å². The summed E-state index contributed by atoms with van der Waals surface area (Å²) in [7, 11) is 0. The summed E-state index contributed by atoms with van der Waals surface area (Å²) in [5.41, 5.74) is 6.66. The van der Waals surface area contributed by atoms with E-state index in [4.69, 9.17) is 5.73 Å². The maximum absolute atomic E-state index is 12.3. The Morgan fingerprint density at radius 1 is 1.30 bits per heavy atom. The first-order valence-corrected chi connectivity index (χ1v) is 7.03. The Labute approximate surface area is 121 Å². The second-order valence-corrected chi connectivity index (χ2v) is 6.35. The molecule has 0 saturated heterocycles. The van der Waals surface area contributed by atoms with Crippen molar-refractivity contribution in [1.29, 1.82) is 0 Å². The van der Waals surface area contributed by atoms with Crippen LogP contribution in [-0.4, -0.2) is 24.2 Å². The van der Waals surface area contributed by atoms with Gasteiger partial charge in [-0.2, -0.15) is 0 Å². The number of hydrogen-bond donors (Lipinski definition) is 3. The van der Waals surface area contributed by atoms with Gasteiger partial charge in [-0.1, -0.05) is 51.1 Å². The zero-order valence-electron chi connectivity index (χ0n) is 12.6. The SMILES string of the molecule is CC(C)(C)CC(CN)C(=O)NC(CO)c1ccccc1. The largest absolute Gasteiger partial charge is 0.394 e. The molecule has 0 bridgehead atoms. The number of aliphatic hydroxyl groups is 1. The van der Waals surface area contributed by atoms with Crippen LogP contribution in [0.2, 0.25) is 0 Å².